The van der Waals surface area contributed by atoms with Crippen molar-refractivity contribution in [2.45, 2.75) is 19.2 Å². The molecule has 3 aromatic rings. The van der Waals surface area contributed by atoms with Crippen molar-refractivity contribution in [2.24, 2.45) is 0 Å². The van der Waals surface area contributed by atoms with Gasteiger partial charge in [0.1, 0.15) is 0 Å². The van der Waals surface area contributed by atoms with Gasteiger partial charge in [0.15, 0.2) is 0 Å². The molecule has 8 nitrogen and oxygen atoms in total. The van der Waals surface area contributed by atoms with E-state index in [4.69, 9.17) is 0 Å². The molecule has 1 aromatic heterocycles. The van der Waals surface area contributed by atoms with E-state index in [0.29, 0.717) is 11.3 Å². The standard InChI is InChI=1S/C20H17F3N4O4/c1-12-17(10-25-26(12)16-4-2-3-14(9-16)20(21,22)23)19(29)24-11-18(28)13-5-7-15(8-6-13)27(30)31/h2-10,18,28H,11H2,1H3,(H,24,29). The van der Waals surface area contributed by atoms with E-state index in [1.165, 1.54) is 54.2 Å². The Morgan fingerprint density at radius 3 is 2.55 bits per heavy atom. The molecule has 1 unspecified atom stereocenters. The van der Waals surface area contributed by atoms with Crippen LogP contribution in [0.3, 0.4) is 0 Å². The molecule has 0 radical (unpaired) electrons. The molecule has 0 aliphatic carbocycles. The Morgan fingerprint density at radius 1 is 1.26 bits per heavy atom. The lowest BCUT2D eigenvalue weighted by Gasteiger charge is -2.12. The van der Waals surface area contributed by atoms with Crippen molar-refractivity contribution in [1.29, 1.82) is 0 Å². The number of nitrogens with one attached hydrogen (secondary N) is 1. The van der Waals surface area contributed by atoms with Crippen molar-refractivity contribution < 1.29 is 28.0 Å². The summed E-state index contributed by atoms with van der Waals surface area (Å²) in [6.45, 7) is 1.36. The molecule has 0 fully saturated rings. The number of aliphatic hydroxyl groups excluding tert-OH is 1. The highest BCUT2D eigenvalue weighted by molar-refractivity contribution is 5.95. The Labute approximate surface area is 174 Å². The number of aromatic nitrogens is 2. The Balaban J connectivity index is 1.71. The van der Waals surface area contributed by atoms with Gasteiger partial charge in [-0.05, 0) is 42.8 Å². The molecular weight excluding hydrogens is 417 g/mol. The first-order valence-corrected chi connectivity index (χ1v) is 9.01. The van der Waals surface area contributed by atoms with Gasteiger partial charge in [0.2, 0.25) is 0 Å². The third-order valence-corrected chi connectivity index (χ3v) is 4.62. The van der Waals surface area contributed by atoms with Gasteiger partial charge in [-0.25, -0.2) is 4.68 Å². The van der Waals surface area contributed by atoms with Crippen LogP contribution in [-0.2, 0) is 6.18 Å². The minimum absolute atomic E-state index is 0.127. The number of non-ortho nitro benzene ring substituents is 1. The van der Waals surface area contributed by atoms with E-state index in [9.17, 15) is 33.2 Å². The number of carbonyl (C=O) groups is 1. The van der Waals surface area contributed by atoms with Crippen molar-refractivity contribution in [1.82, 2.24) is 15.1 Å². The van der Waals surface area contributed by atoms with Crippen molar-refractivity contribution in [3.8, 4) is 5.69 Å². The Kier molecular flexibility index (Phi) is 6.07. The fourth-order valence-corrected chi connectivity index (χ4v) is 2.93. The number of hydrogen-bond donors (Lipinski definition) is 2. The van der Waals surface area contributed by atoms with E-state index in [1.807, 2.05) is 0 Å². The van der Waals surface area contributed by atoms with Gasteiger partial charge < -0.3 is 10.4 Å². The summed E-state index contributed by atoms with van der Waals surface area (Å²) in [7, 11) is 0. The third-order valence-electron chi connectivity index (χ3n) is 4.62. The van der Waals surface area contributed by atoms with Crippen molar-refractivity contribution in [3.05, 3.63) is 87.2 Å². The number of amides is 1. The topological polar surface area (TPSA) is 110 Å². The molecule has 2 N–H and O–H groups in total. The second kappa shape index (κ2) is 8.56. The second-order valence-corrected chi connectivity index (χ2v) is 6.68. The van der Waals surface area contributed by atoms with Gasteiger partial charge in [-0.1, -0.05) is 6.07 Å². The third kappa shape index (κ3) is 4.89. The maximum Gasteiger partial charge on any atom is 0.416 e. The van der Waals surface area contributed by atoms with Crippen LogP contribution in [0.2, 0.25) is 0 Å². The molecule has 2 aromatic carbocycles. The lowest BCUT2D eigenvalue weighted by molar-refractivity contribution is -0.384. The zero-order chi connectivity index (χ0) is 22.8. The lowest BCUT2D eigenvalue weighted by Crippen LogP contribution is -2.28. The molecule has 31 heavy (non-hydrogen) atoms. The van der Waals surface area contributed by atoms with E-state index in [0.717, 1.165) is 12.1 Å². The first-order chi connectivity index (χ1) is 14.6. The van der Waals surface area contributed by atoms with Crippen LogP contribution < -0.4 is 5.32 Å². The monoisotopic (exact) mass is 434 g/mol. The summed E-state index contributed by atoms with van der Waals surface area (Å²) < 4.78 is 40.1. The number of nitro benzene ring substituents is 1. The molecule has 0 spiro atoms. The Hall–Kier alpha value is -3.73. The van der Waals surface area contributed by atoms with Gasteiger partial charge in [0.05, 0.1) is 39.7 Å². The summed E-state index contributed by atoms with van der Waals surface area (Å²) in [5, 5.41) is 27.4. The van der Waals surface area contributed by atoms with E-state index in [1.54, 1.807) is 0 Å². The van der Waals surface area contributed by atoms with E-state index in [-0.39, 0.29) is 23.5 Å². The van der Waals surface area contributed by atoms with E-state index < -0.39 is 28.7 Å². The summed E-state index contributed by atoms with van der Waals surface area (Å²) in [6, 6.07) is 9.80. The average molecular weight is 434 g/mol. The number of nitrogens with zero attached hydrogens (tertiary/aromatic N) is 3. The summed E-state index contributed by atoms with van der Waals surface area (Å²) in [4.78, 5) is 22.6. The molecule has 162 valence electrons. The largest absolute Gasteiger partial charge is 0.416 e. The maximum atomic E-state index is 12.9. The van der Waals surface area contributed by atoms with Crippen molar-refractivity contribution in [2.75, 3.05) is 6.54 Å². The SMILES string of the molecule is Cc1c(C(=O)NCC(O)c2ccc([N+](=O)[O-])cc2)cnn1-c1cccc(C(F)(F)F)c1. The highest BCUT2D eigenvalue weighted by Crippen LogP contribution is 2.30. The molecule has 0 saturated heterocycles. The molecule has 0 saturated carbocycles. The van der Waals surface area contributed by atoms with Crippen molar-refractivity contribution in [3.63, 3.8) is 0 Å². The predicted octanol–water partition coefficient (Wildman–Crippen LogP) is 3.57. The quantitative estimate of drug-likeness (QED) is 0.455. The van der Waals surface area contributed by atoms with Gasteiger partial charge >= 0.3 is 6.18 Å². The fourth-order valence-electron chi connectivity index (χ4n) is 2.93. The van der Waals surface area contributed by atoms with Crippen molar-refractivity contribution >= 4 is 11.6 Å². The highest BCUT2D eigenvalue weighted by Gasteiger charge is 2.30. The summed E-state index contributed by atoms with van der Waals surface area (Å²) in [5.74, 6) is -0.573. The van der Waals surface area contributed by atoms with Crippen LogP contribution in [0, 0.1) is 17.0 Å². The van der Waals surface area contributed by atoms with Crippen LogP contribution in [-0.4, -0.2) is 32.3 Å². The van der Waals surface area contributed by atoms with Crippen LogP contribution in [0.15, 0.2) is 54.7 Å². The van der Waals surface area contributed by atoms with Crippen LogP contribution in [0.4, 0.5) is 18.9 Å². The van der Waals surface area contributed by atoms with Gasteiger partial charge in [0.25, 0.3) is 11.6 Å². The molecule has 0 aliphatic heterocycles. The fraction of sp³-hybridized carbons (Fsp3) is 0.200. The number of hydrogen-bond acceptors (Lipinski definition) is 5. The molecule has 3 rings (SSSR count). The van der Waals surface area contributed by atoms with Gasteiger partial charge in [-0.2, -0.15) is 18.3 Å². The molecule has 1 atom stereocenters. The predicted molar refractivity (Wildman–Crippen MR) is 104 cm³/mol. The molecule has 0 aliphatic rings. The molecule has 1 amide bonds. The average Bonchev–Trinajstić information content (AvgIpc) is 3.12. The van der Waals surface area contributed by atoms with Gasteiger partial charge in [-0.3, -0.25) is 14.9 Å². The zero-order valence-corrected chi connectivity index (χ0v) is 16.1. The summed E-state index contributed by atoms with van der Waals surface area (Å²) in [6.07, 6.45) is -4.39. The van der Waals surface area contributed by atoms with Crippen LogP contribution in [0.5, 0.6) is 0 Å². The zero-order valence-electron chi connectivity index (χ0n) is 16.1. The molecular formula is C20H17F3N4O4. The number of aliphatic hydroxyl groups is 1. The normalized spacial score (nSPS) is 12.4. The number of halogens is 3. The molecule has 0 bridgehead atoms. The van der Waals surface area contributed by atoms with E-state index in [2.05, 4.69) is 10.4 Å². The van der Waals surface area contributed by atoms with Crippen LogP contribution in [0.1, 0.15) is 33.3 Å². The second-order valence-electron chi connectivity index (χ2n) is 6.68. The van der Waals surface area contributed by atoms with Crippen LogP contribution >= 0.6 is 0 Å². The smallest absolute Gasteiger partial charge is 0.387 e. The number of rotatable bonds is 6. The highest BCUT2D eigenvalue weighted by atomic mass is 19.4. The Bertz CT molecular complexity index is 1110. The molecule has 11 heteroatoms. The van der Waals surface area contributed by atoms with Gasteiger partial charge in [-0.15, -0.1) is 0 Å². The first-order valence-electron chi connectivity index (χ1n) is 9.01. The number of alkyl halides is 3. The van der Waals surface area contributed by atoms with Gasteiger partial charge in [0, 0.05) is 18.7 Å². The summed E-state index contributed by atoms with van der Waals surface area (Å²) in [5.41, 5.74) is 0.0178. The lowest BCUT2D eigenvalue weighted by atomic mass is 10.1. The number of nitro groups is 1. The minimum atomic E-state index is -4.51. The Morgan fingerprint density at radius 2 is 1.94 bits per heavy atom. The summed E-state index contributed by atoms with van der Waals surface area (Å²) >= 11 is 0. The number of benzene rings is 2. The maximum absolute atomic E-state index is 12.9. The molecule has 1 heterocycles. The number of carbonyl (C=O) groups excluding carboxylic acids is 1. The first kappa shape index (κ1) is 22.0. The minimum Gasteiger partial charge on any atom is -0.387 e. The van der Waals surface area contributed by atoms with Crippen LogP contribution in [0.25, 0.3) is 5.69 Å². The van der Waals surface area contributed by atoms with E-state index >= 15 is 0 Å².